The summed E-state index contributed by atoms with van der Waals surface area (Å²) in [6.07, 6.45) is 1.91. The molecule has 6 heteroatoms. The summed E-state index contributed by atoms with van der Waals surface area (Å²) in [6.45, 7) is 6.84. The molecule has 1 N–H and O–H groups in total. The Bertz CT molecular complexity index is 534. The minimum atomic E-state index is -0.175. The monoisotopic (exact) mass is 356 g/mol. The number of aliphatic hydroxyl groups is 1. The van der Waals surface area contributed by atoms with Crippen LogP contribution in [0.25, 0.3) is 0 Å². The Morgan fingerprint density at radius 2 is 1.91 bits per heavy atom. The molecule has 1 saturated carbocycles. The van der Waals surface area contributed by atoms with E-state index in [1.54, 1.807) is 11.3 Å². The van der Waals surface area contributed by atoms with Gasteiger partial charge in [0.1, 0.15) is 0 Å². The summed E-state index contributed by atoms with van der Waals surface area (Å²) in [4.78, 5) is 6.34. The van der Waals surface area contributed by atoms with Crippen LogP contribution in [-0.2, 0) is 11.3 Å². The first-order valence-electron chi connectivity index (χ1n) is 8.65. The minimum Gasteiger partial charge on any atom is -0.391 e. The van der Waals surface area contributed by atoms with Crippen LogP contribution >= 0.6 is 22.9 Å². The highest BCUT2D eigenvalue weighted by molar-refractivity contribution is 7.16. The zero-order valence-electron chi connectivity index (χ0n) is 13.4. The molecule has 0 bridgehead atoms. The lowest BCUT2D eigenvalue weighted by Gasteiger charge is -2.43. The first-order valence-corrected chi connectivity index (χ1v) is 9.85. The van der Waals surface area contributed by atoms with Crippen molar-refractivity contribution in [1.29, 1.82) is 0 Å². The fourth-order valence-electron chi connectivity index (χ4n) is 4.59. The Balaban J connectivity index is 1.37. The number of rotatable bonds is 3. The van der Waals surface area contributed by atoms with Crippen molar-refractivity contribution in [1.82, 2.24) is 9.80 Å². The van der Waals surface area contributed by atoms with Crippen LogP contribution in [0.1, 0.15) is 17.7 Å². The van der Waals surface area contributed by atoms with Gasteiger partial charge in [0.25, 0.3) is 0 Å². The van der Waals surface area contributed by atoms with Crippen LogP contribution in [0.15, 0.2) is 12.1 Å². The summed E-state index contributed by atoms with van der Waals surface area (Å²) in [6, 6.07) is 4.46. The number of thiophene rings is 1. The fourth-order valence-corrected chi connectivity index (χ4v) is 5.72. The molecule has 4 atom stereocenters. The van der Waals surface area contributed by atoms with E-state index in [2.05, 4.69) is 15.9 Å². The molecule has 1 aromatic rings. The van der Waals surface area contributed by atoms with Crippen molar-refractivity contribution in [3.8, 4) is 0 Å². The van der Waals surface area contributed by atoms with Gasteiger partial charge < -0.3 is 9.84 Å². The number of nitrogens with zero attached hydrogens (tertiary/aromatic N) is 2. The van der Waals surface area contributed by atoms with E-state index in [4.69, 9.17) is 16.3 Å². The van der Waals surface area contributed by atoms with Gasteiger partial charge >= 0.3 is 0 Å². The number of likely N-dealkylation sites (tertiary alicyclic amines) is 1. The zero-order chi connectivity index (χ0) is 15.8. The summed E-state index contributed by atoms with van der Waals surface area (Å²) in [5.41, 5.74) is 0. The predicted molar refractivity (Wildman–Crippen MR) is 93.0 cm³/mol. The maximum atomic E-state index is 10.6. The minimum absolute atomic E-state index is 0.175. The third kappa shape index (κ3) is 3.60. The first-order chi connectivity index (χ1) is 11.2. The van der Waals surface area contributed by atoms with E-state index in [1.807, 2.05) is 6.07 Å². The summed E-state index contributed by atoms with van der Waals surface area (Å²) in [7, 11) is 0. The quantitative estimate of drug-likeness (QED) is 0.901. The van der Waals surface area contributed by atoms with Gasteiger partial charge in [-0.1, -0.05) is 11.6 Å². The summed E-state index contributed by atoms with van der Waals surface area (Å²) in [5, 5.41) is 10.6. The van der Waals surface area contributed by atoms with Crippen molar-refractivity contribution in [2.45, 2.75) is 31.5 Å². The molecule has 23 heavy (non-hydrogen) atoms. The highest BCUT2D eigenvalue weighted by Crippen LogP contribution is 2.39. The smallest absolute Gasteiger partial charge is 0.0931 e. The molecule has 4 rings (SSSR count). The van der Waals surface area contributed by atoms with Crippen LogP contribution in [0, 0.1) is 11.8 Å². The second-order valence-electron chi connectivity index (χ2n) is 7.17. The summed E-state index contributed by atoms with van der Waals surface area (Å²) < 4.78 is 6.33. The molecule has 3 fully saturated rings. The maximum Gasteiger partial charge on any atom is 0.0931 e. The SMILES string of the molecule is O[C@@H]1C[C@H]2CN(Cc3ccc(Cl)s3)C[C@H]2C[C@H]1N1CCOCC1. The Kier molecular flexibility index (Phi) is 4.95. The van der Waals surface area contributed by atoms with Crippen molar-refractivity contribution >= 4 is 22.9 Å². The van der Waals surface area contributed by atoms with E-state index in [1.165, 1.54) is 4.88 Å². The molecule has 0 radical (unpaired) electrons. The molecular weight excluding hydrogens is 332 g/mol. The number of fused-ring (bicyclic) bond motifs is 1. The molecule has 4 nitrogen and oxygen atoms in total. The third-order valence-electron chi connectivity index (χ3n) is 5.71. The van der Waals surface area contributed by atoms with Crippen LogP contribution in [0.4, 0.5) is 0 Å². The first kappa shape index (κ1) is 16.3. The normalized spacial score (nSPS) is 36.3. The molecule has 1 aliphatic carbocycles. The highest BCUT2D eigenvalue weighted by atomic mass is 35.5. The van der Waals surface area contributed by atoms with Crippen molar-refractivity contribution in [2.75, 3.05) is 39.4 Å². The van der Waals surface area contributed by atoms with Gasteiger partial charge in [-0.15, -0.1) is 11.3 Å². The molecule has 2 saturated heterocycles. The second-order valence-corrected chi connectivity index (χ2v) is 8.97. The van der Waals surface area contributed by atoms with Crippen LogP contribution in [0.5, 0.6) is 0 Å². The van der Waals surface area contributed by atoms with Crippen LogP contribution < -0.4 is 0 Å². The maximum absolute atomic E-state index is 10.6. The summed E-state index contributed by atoms with van der Waals surface area (Å²) in [5.74, 6) is 1.37. The Morgan fingerprint density at radius 1 is 1.17 bits per heavy atom. The Labute approximate surface area is 147 Å². The molecule has 0 amide bonds. The van der Waals surface area contributed by atoms with E-state index in [-0.39, 0.29) is 6.10 Å². The van der Waals surface area contributed by atoms with Gasteiger partial charge in [0, 0.05) is 43.6 Å². The van der Waals surface area contributed by atoms with Gasteiger partial charge in [-0.2, -0.15) is 0 Å². The number of halogens is 1. The number of ether oxygens (including phenoxy) is 1. The molecular formula is C17H25ClN2O2S. The largest absolute Gasteiger partial charge is 0.391 e. The molecule has 3 aliphatic rings. The van der Waals surface area contributed by atoms with Crippen molar-refractivity contribution in [2.24, 2.45) is 11.8 Å². The van der Waals surface area contributed by atoms with E-state index >= 15 is 0 Å². The van der Waals surface area contributed by atoms with E-state index in [0.717, 1.165) is 69.0 Å². The number of morpholine rings is 1. The molecule has 3 heterocycles. The van der Waals surface area contributed by atoms with Crippen LogP contribution in [0.2, 0.25) is 4.34 Å². The highest BCUT2D eigenvalue weighted by Gasteiger charge is 2.43. The predicted octanol–water partition coefficient (Wildman–Crippen LogP) is 2.31. The van der Waals surface area contributed by atoms with E-state index in [0.29, 0.717) is 12.0 Å². The third-order valence-corrected chi connectivity index (χ3v) is 6.92. The molecule has 1 aromatic heterocycles. The second kappa shape index (κ2) is 6.98. The average Bonchev–Trinajstić information content (AvgIpc) is 3.13. The fraction of sp³-hybridized carbons (Fsp3) is 0.765. The van der Waals surface area contributed by atoms with E-state index < -0.39 is 0 Å². The summed E-state index contributed by atoms with van der Waals surface area (Å²) >= 11 is 7.73. The standard InChI is InChI=1S/C17H25ClN2O2S/c18-17-2-1-14(23-17)11-19-9-12-7-15(16(21)8-13(12)10-19)20-3-5-22-6-4-20/h1-2,12-13,15-16,21H,3-11H2/t12-,13+,15-,16-/m1/s1. The van der Waals surface area contributed by atoms with E-state index in [9.17, 15) is 5.11 Å². The topological polar surface area (TPSA) is 35.9 Å². The van der Waals surface area contributed by atoms with Crippen molar-refractivity contribution < 1.29 is 9.84 Å². The van der Waals surface area contributed by atoms with Crippen molar-refractivity contribution in [3.63, 3.8) is 0 Å². The van der Waals surface area contributed by atoms with Gasteiger partial charge in [-0.25, -0.2) is 0 Å². The Morgan fingerprint density at radius 3 is 2.61 bits per heavy atom. The van der Waals surface area contributed by atoms with Gasteiger partial charge in [0.15, 0.2) is 0 Å². The number of aliphatic hydroxyl groups excluding tert-OH is 1. The van der Waals surface area contributed by atoms with Gasteiger partial charge in [0.2, 0.25) is 0 Å². The zero-order valence-corrected chi connectivity index (χ0v) is 14.9. The molecule has 0 aromatic carbocycles. The molecule has 2 aliphatic heterocycles. The van der Waals surface area contributed by atoms with Gasteiger partial charge in [-0.3, -0.25) is 9.80 Å². The van der Waals surface area contributed by atoms with Crippen LogP contribution in [-0.4, -0.2) is 66.4 Å². The molecule has 0 spiro atoms. The van der Waals surface area contributed by atoms with Gasteiger partial charge in [0.05, 0.1) is 23.7 Å². The average molecular weight is 357 g/mol. The number of hydrogen-bond acceptors (Lipinski definition) is 5. The molecule has 0 unspecified atom stereocenters. The van der Waals surface area contributed by atoms with Crippen molar-refractivity contribution in [3.05, 3.63) is 21.3 Å². The van der Waals surface area contributed by atoms with Crippen LogP contribution in [0.3, 0.4) is 0 Å². The van der Waals surface area contributed by atoms with Gasteiger partial charge in [-0.05, 0) is 36.8 Å². The lowest BCUT2D eigenvalue weighted by atomic mass is 9.77. The number of hydrogen-bond donors (Lipinski definition) is 1. The molecule has 128 valence electrons. The Hall–Kier alpha value is -0.170. The lowest BCUT2D eigenvalue weighted by molar-refractivity contribution is -0.0520. The lowest BCUT2D eigenvalue weighted by Crippen LogP contribution is -2.53.